The van der Waals surface area contributed by atoms with Gasteiger partial charge in [0.25, 0.3) is 5.91 Å². The monoisotopic (exact) mass is 276 g/mol. The van der Waals surface area contributed by atoms with Gasteiger partial charge in [-0.05, 0) is 34.5 Å². The van der Waals surface area contributed by atoms with E-state index in [2.05, 4.69) is 4.98 Å². The zero-order valence-corrected chi connectivity index (χ0v) is 11.1. The minimum Gasteiger partial charge on any atom is -0.478 e. The lowest BCUT2D eigenvalue weighted by Crippen LogP contribution is -2.26. The van der Waals surface area contributed by atoms with E-state index in [0.717, 1.165) is 5.56 Å². The number of pyridine rings is 1. The molecule has 5 nitrogen and oxygen atoms in total. The number of carboxylic acids is 1. The van der Waals surface area contributed by atoms with Crippen molar-refractivity contribution in [3.05, 3.63) is 52.0 Å². The highest BCUT2D eigenvalue weighted by molar-refractivity contribution is 7.07. The molecule has 98 valence electrons. The Morgan fingerprint density at radius 1 is 1.37 bits per heavy atom. The van der Waals surface area contributed by atoms with Crippen molar-refractivity contribution < 1.29 is 14.7 Å². The summed E-state index contributed by atoms with van der Waals surface area (Å²) in [5.41, 5.74) is 1.36. The van der Waals surface area contributed by atoms with E-state index in [1.807, 2.05) is 16.8 Å². The summed E-state index contributed by atoms with van der Waals surface area (Å²) < 4.78 is 0. The van der Waals surface area contributed by atoms with E-state index in [1.165, 1.54) is 18.3 Å². The lowest BCUT2D eigenvalue weighted by atomic mass is 10.2. The Kier molecular flexibility index (Phi) is 3.91. The number of hydrogen-bond acceptors (Lipinski definition) is 4. The Morgan fingerprint density at radius 3 is 2.68 bits per heavy atom. The number of amides is 1. The SMILES string of the molecule is CN(Cc1ccsc1)C(=O)c1ccc(C(=O)O)cn1. The van der Waals surface area contributed by atoms with E-state index in [-0.39, 0.29) is 17.2 Å². The smallest absolute Gasteiger partial charge is 0.337 e. The molecule has 0 radical (unpaired) electrons. The third-order valence-electron chi connectivity index (χ3n) is 2.58. The van der Waals surface area contributed by atoms with E-state index in [1.54, 1.807) is 23.3 Å². The molecule has 2 heterocycles. The first-order chi connectivity index (χ1) is 9.08. The van der Waals surface area contributed by atoms with Crippen LogP contribution < -0.4 is 0 Å². The Morgan fingerprint density at radius 2 is 2.16 bits per heavy atom. The van der Waals surface area contributed by atoms with Gasteiger partial charge in [0.15, 0.2) is 0 Å². The molecule has 0 bridgehead atoms. The lowest BCUT2D eigenvalue weighted by Gasteiger charge is -2.15. The third kappa shape index (κ3) is 3.17. The summed E-state index contributed by atoms with van der Waals surface area (Å²) in [6.07, 6.45) is 1.19. The summed E-state index contributed by atoms with van der Waals surface area (Å²) in [5.74, 6) is -1.29. The second-order valence-corrected chi connectivity index (χ2v) is 4.81. The number of carboxylic acid groups (broad SMARTS) is 1. The molecule has 1 amide bonds. The normalized spacial score (nSPS) is 10.2. The minimum absolute atomic E-state index is 0.0667. The quantitative estimate of drug-likeness (QED) is 0.928. The molecule has 1 N–H and O–H groups in total. The van der Waals surface area contributed by atoms with Crippen LogP contribution in [0.25, 0.3) is 0 Å². The molecule has 19 heavy (non-hydrogen) atoms. The molecule has 2 rings (SSSR count). The van der Waals surface area contributed by atoms with Gasteiger partial charge in [0.05, 0.1) is 5.56 Å². The fraction of sp³-hybridized carbons (Fsp3) is 0.154. The van der Waals surface area contributed by atoms with Gasteiger partial charge in [0, 0.05) is 19.8 Å². The van der Waals surface area contributed by atoms with E-state index >= 15 is 0 Å². The van der Waals surface area contributed by atoms with Crippen molar-refractivity contribution in [2.45, 2.75) is 6.54 Å². The van der Waals surface area contributed by atoms with Crippen LogP contribution >= 0.6 is 11.3 Å². The van der Waals surface area contributed by atoms with Gasteiger partial charge in [0.1, 0.15) is 5.69 Å². The molecule has 6 heteroatoms. The number of nitrogens with zero attached hydrogens (tertiary/aromatic N) is 2. The van der Waals surface area contributed by atoms with Gasteiger partial charge in [-0.1, -0.05) is 0 Å². The molecule has 0 aliphatic carbocycles. The molecule has 0 aliphatic rings. The number of aromatic carboxylic acids is 1. The Bertz CT molecular complexity index is 578. The number of carbonyl (C=O) groups excluding carboxylic acids is 1. The highest BCUT2D eigenvalue weighted by Gasteiger charge is 2.14. The summed E-state index contributed by atoms with van der Waals surface area (Å²) >= 11 is 1.58. The van der Waals surface area contributed by atoms with Crippen molar-refractivity contribution in [2.24, 2.45) is 0 Å². The molecule has 2 aromatic heterocycles. The predicted octanol–water partition coefficient (Wildman–Crippen LogP) is 2.11. The topological polar surface area (TPSA) is 70.5 Å². The fourth-order valence-corrected chi connectivity index (χ4v) is 2.23. The zero-order valence-electron chi connectivity index (χ0n) is 10.2. The van der Waals surface area contributed by atoms with E-state index in [4.69, 9.17) is 5.11 Å². The van der Waals surface area contributed by atoms with Crippen LogP contribution in [0, 0.1) is 0 Å². The number of rotatable bonds is 4. The maximum absolute atomic E-state index is 12.1. The molecule has 2 aromatic rings. The van der Waals surface area contributed by atoms with Crippen molar-refractivity contribution in [1.82, 2.24) is 9.88 Å². The molecule has 0 saturated carbocycles. The molecule has 0 atom stereocenters. The molecular formula is C13H12N2O3S. The Labute approximate surface area is 114 Å². The highest BCUT2D eigenvalue weighted by atomic mass is 32.1. The summed E-state index contributed by atoms with van der Waals surface area (Å²) in [6, 6.07) is 4.76. The minimum atomic E-state index is -1.06. The average Bonchev–Trinajstić information content (AvgIpc) is 2.90. The molecule has 0 spiro atoms. The van der Waals surface area contributed by atoms with Crippen LogP contribution in [0.2, 0.25) is 0 Å². The Hall–Kier alpha value is -2.21. The zero-order chi connectivity index (χ0) is 13.8. The van der Waals surface area contributed by atoms with Crippen LogP contribution in [-0.4, -0.2) is 33.9 Å². The van der Waals surface area contributed by atoms with Crippen LogP contribution in [0.4, 0.5) is 0 Å². The molecule has 0 fully saturated rings. The third-order valence-corrected chi connectivity index (χ3v) is 3.31. The van der Waals surface area contributed by atoms with E-state index in [0.29, 0.717) is 6.54 Å². The average molecular weight is 276 g/mol. The van der Waals surface area contributed by atoms with Crippen LogP contribution in [0.3, 0.4) is 0 Å². The molecule has 0 unspecified atom stereocenters. The first-order valence-corrected chi connectivity index (χ1v) is 6.48. The molecular weight excluding hydrogens is 264 g/mol. The van der Waals surface area contributed by atoms with Crippen molar-refractivity contribution in [2.75, 3.05) is 7.05 Å². The second kappa shape index (κ2) is 5.62. The number of carbonyl (C=O) groups is 2. The van der Waals surface area contributed by atoms with Crippen LogP contribution in [-0.2, 0) is 6.54 Å². The van der Waals surface area contributed by atoms with Crippen LogP contribution in [0.5, 0.6) is 0 Å². The number of aromatic nitrogens is 1. The van der Waals surface area contributed by atoms with Gasteiger partial charge >= 0.3 is 5.97 Å². The lowest BCUT2D eigenvalue weighted by molar-refractivity contribution is 0.0694. The molecule has 0 saturated heterocycles. The summed E-state index contributed by atoms with van der Waals surface area (Å²) in [4.78, 5) is 28.2. The number of thiophene rings is 1. The van der Waals surface area contributed by atoms with Gasteiger partial charge in [0.2, 0.25) is 0 Å². The van der Waals surface area contributed by atoms with Crippen molar-refractivity contribution in [3.63, 3.8) is 0 Å². The molecule has 0 aliphatic heterocycles. The first-order valence-electron chi connectivity index (χ1n) is 5.54. The largest absolute Gasteiger partial charge is 0.478 e. The predicted molar refractivity (Wildman–Crippen MR) is 71.3 cm³/mol. The van der Waals surface area contributed by atoms with Gasteiger partial charge in [-0.2, -0.15) is 11.3 Å². The van der Waals surface area contributed by atoms with Crippen LogP contribution in [0.1, 0.15) is 26.4 Å². The summed E-state index contributed by atoms with van der Waals surface area (Å²) in [5, 5.41) is 12.7. The van der Waals surface area contributed by atoms with Gasteiger partial charge in [-0.25, -0.2) is 4.79 Å². The molecule has 0 aromatic carbocycles. The van der Waals surface area contributed by atoms with Crippen molar-refractivity contribution >= 4 is 23.2 Å². The maximum Gasteiger partial charge on any atom is 0.337 e. The fourth-order valence-electron chi connectivity index (χ4n) is 1.57. The van der Waals surface area contributed by atoms with Crippen LogP contribution in [0.15, 0.2) is 35.2 Å². The van der Waals surface area contributed by atoms with E-state index in [9.17, 15) is 9.59 Å². The maximum atomic E-state index is 12.1. The van der Waals surface area contributed by atoms with Crippen molar-refractivity contribution in [1.29, 1.82) is 0 Å². The Balaban J connectivity index is 2.08. The van der Waals surface area contributed by atoms with Gasteiger partial charge in [-0.3, -0.25) is 9.78 Å². The van der Waals surface area contributed by atoms with Gasteiger partial charge < -0.3 is 10.0 Å². The van der Waals surface area contributed by atoms with Gasteiger partial charge in [-0.15, -0.1) is 0 Å². The van der Waals surface area contributed by atoms with Crippen molar-refractivity contribution in [3.8, 4) is 0 Å². The summed E-state index contributed by atoms with van der Waals surface area (Å²) in [7, 11) is 1.69. The highest BCUT2D eigenvalue weighted by Crippen LogP contribution is 2.10. The summed E-state index contributed by atoms with van der Waals surface area (Å²) in [6.45, 7) is 0.505. The van der Waals surface area contributed by atoms with E-state index < -0.39 is 5.97 Å². The second-order valence-electron chi connectivity index (χ2n) is 4.03. The standard InChI is InChI=1S/C13H12N2O3S/c1-15(7-9-4-5-19-8-9)12(16)11-3-2-10(6-14-11)13(17)18/h2-6,8H,7H2,1H3,(H,17,18). The first kappa shape index (κ1) is 13.2. The number of hydrogen-bond donors (Lipinski definition) is 1.